The van der Waals surface area contributed by atoms with Gasteiger partial charge in [0.2, 0.25) is 0 Å². The van der Waals surface area contributed by atoms with Crippen molar-refractivity contribution in [2.24, 2.45) is 0 Å². The van der Waals surface area contributed by atoms with Crippen LogP contribution in [0.2, 0.25) is 5.02 Å². The minimum atomic E-state index is -0.0970. The van der Waals surface area contributed by atoms with Crippen LogP contribution < -0.4 is 4.74 Å². The van der Waals surface area contributed by atoms with Crippen molar-refractivity contribution in [3.05, 3.63) is 56.6 Å². The third-order valence-electron chi connectivity index (χ3n) is 2.25. The van der Waals surface area contributed by atoms with Crippen molar-refractivity contribution in [2.45, 2.75) is 6.61 Å². The van der Waals surface area contributed by atoms with Gasteiger partial charge in [0.1, 0.15) is 5.75 Å². The van der Waals surface area contributed by atoms with Gasteiger partial charge < -0.3 is 9.84 Å². The molecule has 2 aromatic rings. The highest BCUT2D eigenvalue weighted by Gasteiger charge is 2.08. The molecule has 4 heteroatoms. The Morgan fingerprint density at radius 1 is 1.12 bits per heavy atom. The van der Waals surface area contributed by atoms with E-state index in [1.165, 1.54) is 0 Å². The molecule has 0 fully saturated rings. The van der Waals surface area contributed by atoms with Gasteiger partial charge >= 0.3 is 0 Å². The average Bonchev–Trinajstić information content (AvgIpc) is 2.34. The third kappa shape index (κ3) is 3.12. The summed E-state index contributed by atoms with van der Waals surface area (Å²) in [6.45, 7) is -0.0970. The number of ether oxygens (including phenoxy) is 1. The molecule has 1 N–H and O–H groups in total. The van der Waals surface area contributed by atoms with Gasteiger partial charge in [-0.1, -0.05) is 23.7 Å². The Kier molecular flexibility index (Phi) is 4.25. The molecule has 0 amide bonds. The molecule has 0 aliphatic heterocycles. The van der Waals surface area contributed by atoms with Crippen molar-refractivity contribution in [3.8, 4) is 11.5 Å². The molecule has 0 aliphatic rings. The summed E-state index contributed by atoms with van der Waals surface area (Å²) in [5.74, 6) is 1.21. The Balaban J connectivity index is 2.32. The number of aliphatic hydroxyl groups excluding tert-OH is 1. The summed E-state index contributed by atoms with van der Waals surface area (Å²) in [6, 6.07) is 12.9. The predicted octanol–water partition coefficient (Wildman–Crippen LogP) is 4.23. The molecule has 0 spiro atoms. The third-order valence-corrected chi connectivity index (χ3v) is 3.27. The topological polar surface area (TPSA) is 29.5 Å². The van der Waals surface area contributed by atoms with Crippen LogP contribution in [0, 0.1) is 3.57 Å². The molecule has 17 heavy (non-hydrogen) atoms. The minimum Gasteiger partial charge on any atom is -0.455 e. The monoisotopic (exact) mass is 360 g/mol. The first-order valence-electron chi connectivity index (χ1n) is 5.02. The van der Waals surface area contributed by atoms with Crippen molar-refractivity contribution in [3.63, 3.8) is 0 Å². The molecule has 0 bridgehead atoms. The van der Waals surface area contributed by atoms with Crippen molar-refractivity contribution >= 4 is 34.2 Å². The van der Waals surface area contributed by atoms with Crippen LogP contribution >= 0.6 is 34.2 Å². The van der Waals surface area contributed by atoms with Crippen LogP contribution in [0.3, 0.4) is 0 Å². The van der Waals surface area contributed by atoms with Gasteiger partial charge in [0.25, 0.3) is 0 Å². The first kappa shape index (κ1) is 12.7. The van der Waals surface area contributed by atoms with Crippen LogP contribution in [-0.2, 0) is 6.61 Å². The fourth-order valence-corrected chi connectivity index (χ4v) is 2.01. The first-order chi connectivity index (χ1) is 8.20. The molecule has 0 radical (unpaired) electrons. The number of halogens is 2. The molecule has 0 saturated carbocycles. The fraction of sp³-hybridized carbons (Fsp3) is 0.0769. The highest BCUT2D eigenvalue weighted by molar-refractivity contribution is 14.1. The number of aliphatic hydroxyl groups is 1. The van der Waals surface area contributed by atoms with E-state index in [2.05, 4.69) is 22.6 Å². The van der Waals surface area contributed by atoms with Gasteiger partial charge in [-0.05, 0) is 52.9 Å². The van der Waals surface area contributed by atoms with E-state index in [0.717, 1.165) is 3.57 Å². The van der Waals surface area contributed by atoms with Crippen LogP contribution in [0.5, 0.6) is 11.5 Å². The summed E-state index contributed by atoms with van der Waals surface area (Å²) in [7, 11) is 0. The molecule has 2 rings (SSSR count). The van der Waals surface area contributed by atoms with E-state index < -0.39 is 0 Å². The van der Waals surface area contributed by atoms with Crippen LogP contribution in [-0.4, -0.2) is 5.11 Å². The SMILES string of the molecule is OCc1cccc(Cl)c1Oc1ccc(I)cc1. The zero-order valence-electron chi connectivity index (χ0n) is 8.86. The molecule has 2 aromatic carbocycles. The number of benzene rings is 2. The van der Waals surface area contributed by atoms with Crippen molar-refractivity contribution in [1.82, 2.24) is 0 Å². The number of hydrogen-bond acceptors (Lipinski definition) is 2. The van der Waals surface area contributed by atoms with Crippen LogP contribution in [0.15, 0.2) is 42.5 Å². The predicted molar refractivity (Wildman–Crippen MR) is 76.6 cm³/mol. The van der Waals surface area contributed by atoms with Crippen LogP contribution in [0.25, 0.3) is 0 Å². The summed E-state index contributed by atoms with van der Waals surface area (Å²) >= 11 is 8.28. The summed E-state index contributed by atoms with van der Waals surface area (Å²) in [4.78, 5) is 0. The van der Waals surface area contributed by atoms with E-state index in [0.29, 0.717) is 22.1 Å². The van der Waals surface area contributed by atoms with E-state index in [-0.39, 0.29) is 6.61 Å². The molecule has 0 atom stereocenters. The van der Waals surface area contributed by atoms with E-state index >= 15 is 0 Å². The lowest BCUT2D eigenvalue weighted by Crippen LogP contribution is -1.92. The van der Waals surface area contributed by atoms with E-state index in [1.54, 1.807) is 18.2 Å². The molecule has 88 valence electrons. The second-order valence-electron chi connectivity index (χ2n) is 3.44. The Labute approximate surface area is 118 Å². The largest absolute Gasteiger partial charge is 0.455 e. The van der Waals surface area contributed by atoms with Crippen molar-refractivity contribution < 1.29 is 9.84 Å². The summed E-state index contributed by atoms with van der Waals surface area (Å²) in [5.41, 5.74) is 0.677. The zero-order valence-corrected chi connectivity index (χ0v) is 11.8. The standard InChI is InChI=1S/C13H10ClIO2/c14-12-3-1-2-9(8-16)13(12)17-11-6-4-10(15)5-7-11/h1-7,16H,8H2. The highest BCUT2D eigenvalue weighted by Crippen LogP contribution is 2.33. The maximum atomic E-state index is 9.23. The second kappa shape index (κ2) is 5.71. The Morgan fingerprint density at radius 3 is 2.47 bits per heavy atom. The van der Waals surface area contributed by atoms with Gasteiger partial charge in [0.15, 0.2) is 5.75 Å². The van der Waals surface area contributed by atoms with E-state index in [1.807, 2.05) is 24.3 Å². The molecule has 2 nitrogen and oxygen atoms in total. The summed E-state index contributed by atoms with van der Waals surface area (Å²) < 4.78 is 6.83. The van der Waals surface area contributed by atoms with Gasteiger partial charge in [-0.2, -0.15) is 0 Å². The lowest BCUT2D eigenvalue weighted by Gasteiger charge is -2.11. The smallest absolute Gasteiger partial charge is 0.151 e. The lowest BCUT2D eigenvalue weighted by molar-refractivity contribution is 0.276. The molecular weight excluding hydrogens is 350 g/mol. The lowest BCUT2D eigenvalue weighted by atomic mass is 10.2. The zero-order chi connectivity index (χ0) is 12.3. The number of para-hydroxylation sites is 1. The van der Waals surface area contributed by atoms with Gasteiger partial charge in [-0.25, -0.2) is 0 Å². The van der Waals surface area contributed by atoms with Gasteiger partial charge in [0, 0.05) is 9.13 Å². The molecule has 0 saturated heterocycles. The second-order valence-corrected chi connectivity index (χ2v) is 5.10. The van der Waals surface area contributed by atoms with Gasteiger partial charge in [-0.15, -0.1) is 0 Å². The van der Waals surface area contributed by atoms with Crippen molar-refractivity contribution in [1.29, 1.82) is 0 Å². The highest BCUT2D eigenvalue weighted by atomic mass is 127. The van der Waals surface area contributed by atoms with E-state index in [4.69, 9.17) is 16.3 Å². The maximum Gasteiger partial charge on any atom is 0.151 e. The summed E-state index contributed by atoms with van der Waals surface area (Å²) in [5, 5.41) is 9.72. The average molecular weight is 361 g/mol. The summed E-state index contributed by atoms with van der Waals surface area (Å²) in [6.07, 6.45) is 0. The number of hydrogen-bond donors (Lipinski definition) is 1. The maximum absolute atomic E-state index is 9.23. The number of rotatable bonds is 3. The Hall–Kier alpha value is -0.780. The van der Waals surface area contributed by atoms with Gasteiger partial charge in [0.05, 0.1) is 11.6 Å². The van der Waals surface area contributed by atoms with Gasteiger partial charge in [-0.3, -0.25) is 0 Å². The Morgan fingerprint density at radius 2 is 1.82 bits per heavy atom. The minimum absolute atomic E-state index is 0.0970. The van der Waals surface area contributed by atoms with E-state index in [9.17, 15) is 5.11 Å². The molecular formula is C13H10ClIO2. The van der Waals surface area contributed by atoms with Crippen LogP contribution in [0.4, 0.5) is 0 Å². The van der Waals surface area contributed by atoms with Crippen molar-refractivity contribution in [2.75, 3.05) is 0 Å². The Bertz CT molecular complexity index is 511. The molecule has 0 aromatic heterocycles. The molecule has 0 aliphatic carbocycles. The first-order valence-corrected chi connectivity index (χ1v) is 6.48. The molecule has 0 unspecified atom stereocenters. The normalized spacial score (nSPS) is 10.3. The molecule has 0 heterocycles. The van der Waals surface area contributed by atoms with Crippen LogP contribution in [0.1, 0.15) is 5.56 Å². The fourth-order valence-electron chi connectivity index (χ4n) is 1.41. The quantitative estimate of drug-likeness (QED) is 0.830.